The zero-order valence-electron chi connectivity index (χ0n) is 7.95. The molecule has 0 aliphatic carbocycles. The lowest BCUT2D eigenvalue weighted by Crippen LogP contribution is -2.49. The summed E-state index contributed by atoms with van der Waals surface area (Å²) < 4.78 is 4.19. The van der Waals surface area contributed by atoms with E-state index in [0.717, 1.165) is 30.6 Å². The molecular formula is C8H14N4S. The molecule has 0 saturated carbocycles. The van der Waals surface area contributed by atoms with Gasteiger partial charge in [0.15, 0.2) is 0 Å². The number of piperazine rings is 1. The molecule has 1 fully saturated rings. The minimum absolute atomic E-state index is 0.529. The molecule has 2 rings (SSSR count). The fraction of sp³-hybridized carbons (Fsp3) is 0.750. The normalized spacial score (nSPS) is 23.5. The van der Waals surface area contributed by atoms with Crippen molar-refractivity contribution in [1.29, 1.82) is 0 Å². The van der Waals surface area contributed by atoms with E-state index in [1.807, 2.05) is 6.92 Å². The maximum atomic E-state index is 4.39. The third-order valence-electron chi connectivity index (χ3n) is 2.26. The number of hydrogen-bond acceptors (Lipinski definition) is 5. The van der Waals surface area contributed by atoms with Crippen LogP contribution in [0.5, 0.6) is 0 Å². The average molecular weight is 198 g/mol. The van der Waals surface area contributed by atoms with Crippen LogP contribution in [0.15, 0.2) is 0 Å². The van der Waals surface area contributed by atoms with Crippen molar-refractivity contribution in [2.24, 2.45) is 0 Å². The molecular weight excluding hydrogens is 184 g/mol. The molecule has 1 aliphatic rings. The molecule has 72 valence electrons. The first kappa shape index (κ1) is 8.90. The van der Waals surface area contributed by atoms with E-state index in [4.69, 9.17) is 0 Å². The van der Waals surface area contributed by atoms with Crippen molar-refractivity contribution in [3.8, 4) is 0 Å². The monoisotopic (exact) mass is 198 g/mol. The van der Waals surface area contributed by atoms with E-state index in [1.165, 1.54) is 11.5 Å². The quantitative estimate of drug-likeness (QED) is 0.719. The van der Waals surface area contributed by atoms with E-state index >= 15 is 0 Å². The topological polar surface area (TPSA) is 41.1 Å². The number of aryl methyl sites for hydroxylation is 1. The molecule has 4 nitrogen and oxygen atoms in total. The molecule has 1 atom stereocenters. The summed E-state index contributed by atoms with van der Waals surface area (Å²) in [5.74, 6) is 0.880. The molecule has 0 aromatic carbocycles. The maximum absolute atomic E-state index is 4.39. The molecule has 1 N–H and O–H groups in total. The molecule has 0 unspecified atom stereocenters. The van der Waals surface area contributed by atoms with Gasteiger partial charge >= 0.3 is 0 Å². The molecule has 1 aliphatic heterocycles. The molecule has 0 bridgehead atoms. The fourth-order valence-electron chi connectivity index (χ4n) is 1.53. The summed E-state index contributed by atoms with van der Waals surface area (Å²) >= 11 is 1.50. The number of nitrogens with one attached hydrogen (secondary N) is 1. The second-order valence-electron chi connectivity index (χ2n) is 3.37. The van der Waals surface area contributed by atoms with Crippen molar-refractivity contribution < 1.29 is 0 Å². The fourth-order valence-corrected chi connectivity index (χ4v) is 2.33. The molecule has 1 aromatic rings. The molecule has 13 heavy (non-hydrogen) atoms. The Bertz CT molecular complexity index is 285. The molecule has 0 amide bonds. The highest BCUT2D eigenvalue weighted by molar-refractivity contribution is 7.09. The molecule has 1 saturated heterocycles. The zero-order valence-corrected chi connectivity index (χ0v) is 8.77. The van der Waals surface area contributed by atoms with Gasteiger partial charge in [-0.05, 0) is 13.8 Å². The Morgan fingerprint density at radius 3 is 3.08 bits per heavy atom. The molecule has 2 heterocycles. The Hall–Kier alpha value is -0.680. The third kappa shape index (κ3) is 1.81. The zero-order chi connectivity index (χ0) is 9.26. The summed E-state index contributed by atoms with van der Waals surface area (Å²) in [5.41, 5.74) is 0. The van der Waals surface area contributed by atoms with Crippen LogP contribution in [-0.4, -0.2) is 35.0 Å². The summed E-state index contributed by atoms with van der Waals surface area (Å²) in [4.78, 5) is 6.71. The lowest BCUT2D eigenvalue weighted by Gasteiger charge is -2.33. The van der Waals surface area contributed by atoms with E-state index in [-0.39, 0.29) is 0 Å². The van der Waals surface area contributed by atoms with Crippen LogP contribution in [0.4, 0.5) is 5.13 Å². The highest BCUT2D eigenvalue weighted by Gasteiger charge is 2.20. The Morgan fingerprint density at radius 1 is 1.62 bits per heavy atom. The van der Waals surface area contributed by atoms with E-state index in [0.29, 0.717) is 6.04 Å². The van der Waals surface area contributed by atoms with Gasteiger partial charge in [-0.1, -0.05) is 0 Å². The van der Waals surface area contributed by atoms with Gasteiger partial charge in [0, 0.05) is 37.2 Å². The predicted molar refractivity (Wildman–Crippen MR) is 54.3 cm³/mol. The van der Waals surface area contributed by atoms with Crippen molar-refractivity contribution in [3.63, 3.8) is 0 Å². The summed E-state index contributed by atoms with van der Waals surface area (Å²) in [6.45, 7) is 7.27. The van der Waals surface area contributed by atoms with Crippen LogP contribution >= 0.6 is 11.5 Å². The number of rotatable bonds is 1. The number of hydrogen-bond donors (Lipinski definition) is 1. The number of anilines is 1. The Balaban J connectivity index is 2.14. The number of nitrogens with zero attached hydrogens (tertiary/aromatic N) is 3. The standard InChI is InChI=1S/C8H14N4S/c1-6-5-9-3-4-12(6)8-10-7(2)11-13-8/h6,9H,3-5H2,1-2H3/t6-/m1/s1. The summed E-state index contributed by atoms with van der Waals surface area (Å²) in [7, 11) is 0. The van der Waals surface area contributed by atoms with E-state index in [9.17, 15) is 0 Å². The van der Waals surface area contributed by atoms with Gasteiger partial charge in [0.25, 0.3) is 0 Å². The van der Waals surface area contributed by atoms with E-state index in [1.54, 1.807) is 0 Å². The third-order valence-corrected chi connectivity index (χ3v) is 3.11. The highest BCUT2D eigenvalue weighted by Crippen LogP contribution is 2.19. The van der Waals surface area contributed by atoms with Gasteiger partial charge in [0.1, 0.15) is 5.82 Å². The highest BCUT2D eigenvalue weighted by atomic mass is 32.1. The van der Waals surface area contributed by atoms with Crippen LogP contribution in [0, 0.1) is 6.92 Å². The molecule has 5 heteroatoms. The Morgan fingerprint density at radius 2 is 2.46 bits per heavy atom. The largest absolute Gasteiger partial charge is 0.342 e. The van der Waals surface area contributed by atoms with Gasteiger partial charge in [-0.25, -0.2) is 4.98 Å². The van der Waals surface area contributed by atoms with Gasteiger partial charge < -0.3 is 10.2 Å². The molecule has 1 aromatic heterocycles. The van der Waals surface area contributed by atoms with Crippen LogP contribution in [0.2, 0.25) is 0 Å². The van der Waals surface area contributed by atoms with Gasteiger partial charge in [-0.3, -0.25) is 0 Å². The second-order valence-corrected chi connectivity index (χ2v) is 4.10. The van der Waals surface area contributed by atoms with Crippen LogP contribution in [0.1, 0.15) is 12.7 Å². The molecule has 0 radical (unpaired) electrons. The first-order valence-corrected chi connectivity index (χ1v) is 5.32. The van der Waals surface area contributed by atoms with Crippen LogP contribution in [0.3, 0.4) is 0 Å². The smallest absolute Gasteiger partial charge is 0.205 e. The van der Waals surface area contributed by atoms with Gasteiger partial charge in [0.05, 0.1) is 0 Å². The van der Waals surface area contributed by atoms with Gasteiger partial charge in [0.2, 0.25) is 5.13 Å². The maximum Gasteiger partial charge on any atom is 0.205 e. The minimum Gasteiger partial charge on any atom is -0.342 e. The van der Waals surface area contributed by atoms with Gasteiger partial charge in [-0.2, -0.15) is 4.37 Å². The summed E-state index contributed by atoms with van der Waals surface area (Å²) in [6, 6.07) is 0.529. The second kappa shape index (κ2) is 3.59. The van der Waals surface area contributed by atoms with Crippen LogP contribution < -0.4 is 10.2 Å². The van der Waals surface area contributed by atoms with E-state index in [2.05, 4.69) is 26.5 Å². The number of aromatic nitrogens is 2. The van der Waals surface area contributed by atoms with E-state index < -0.39 is 0 Å². The van der Waals surface area contributed by atoms with Crippen molar-refractivity contribution in [3.05, 3.63) is 5.82 Å². The first-order chi connectivity index (χ1) is 6.27. The average Bonchev–Trinajstić information content (AvgIpc) is 2.53. The minimum atomic E-state index is 0.529. The van der Waals surface area contributed by atoms with Crippen molar-refractivity contribution in [2.45, 2.75) is 19.9 Å². The van der Waals surface area contributed by atoms with Crippen LogP contribution in [0.25, 0.3) is 0 Å². The molecule has 0 spiro atoms. The SMILES string of the molecule is Cc1nsc(N2CCNC[C@H]2C)n1. The van der Waals surface area contributed by atoms with Crippen LogP contribution in [-0.2, 0) is 0 Å². The lowest BCUT2D eigenvalue weighted by atomic mass is 10.2. The Labute approximate surface area is 82.1 Å². The Kier molecular flexibility index (Phi) is 2.46. The van der Waals surface area contributed by atoms with Crippen molar-refractivity contribution in [2.75, 3.05) is 24.5 Å². The predicted octanol–water partition coefficient (Wildman–Crippen LogP) is 0.645. The lowest BCUT2D eigenvalue weighted by molar-refractivity contribution is 0.500. The van der Waals surface area contributed by atoms with Gasteiger partial charge in [-0.15, -0.1) is 0 Å². The summed E-state index contributed by atoms with van der Waals surface area (Å²) in [6.07, 6.45) is 0. The first-order valence-electron chi connectivity index (χ1n) is 4.55. The van der Waals surface area contributed by atoms with Crippen molar-refractivity contribution in [1.82, 2.24) is 14.7 Å². The van der Waals surface area contributed by atoms with Crippen molar-refractivity contribution >= 4 is 16.7 Å². The summed E-state index contributed by atoms with van der Waals surface area (Å²) in [5, 5.41) is 4.42.